The van der Waals surface area contributed by atoms with Crippen molar-refractivity contribution in [3.05, 3.63) is 101 Å². The van der Waals surface area contributed by atoms with Gasteiger partial charge in [0.25, 0.3) is 5.91 Å². The molecule has 8 nitrogen and oxygen atoms in total. The average molecular weight is 473 g/mol. The number of para-hydroxylation sites is 1. The summed E-state index contributed by atoms with van der Waals surface area (Å²) in [6, 6.07) is 16.3. The lowest BCUT2D eigenvalue weighted by molar-refractivity contribution is -0.123. The molecule has 4 aromatic rings. The van der Waals surface area contributed by atoms with Crippen LogP contribution in [0, 0.1) is 5.82 Å². The van der Waals surface area contributed by atoms with Gasteiger partial charge in [-0.05, 0) is 42.0 Å². The minimum absolute atomic E-state index is 0.0172. The van der Waals surface area contributed by atoms with Crippen LogP contribution in [0.4, 0.5) is 9.18 Å². The van der Waals surface area contributed by atoms with Crippen molar-refractivity contribution >= 4 is 34.9 Å². The van der Waals surface area contributed by atoms with Crippen molar-refractivity contribution in [3.63, 3.8) is 0 Å². The number of halogens is 1. The van der Waals surface area contributed by atoms with E-state index in [0.717, 1.165) is 26.9 Å². The summed E-state index contributed by atoms with van der Waals surface area (Å²) in [4.78, 5) is 38.1. The minimum Gasteiger partial charge on any atom is -0.463 e. The van der Waals surface area contributed by atoms with E-state index in [1.54, 1.807) is 12.1 Å². The molecule has 1 saturated heterocycles. The fourth-order valence-corrected chi connectivity index (χ4v) is 4.05. The number of benzene rings is 2. The van der Waals surface area contributed by atoms with Gasteiger partial charge in [-0.1, -0.05) is 30.3 Å². The van der Waals surface area contributed by atoms with Gasteiger partial charge in [0.1, 0.15) is 17.3 Å². The Morgan fingerprint density at radius 2 is 1.91 bits per heavy atom. The minimum atomic E-state index is -0.649. The lowest BCUT2D eigenvalue weighted by Crippen LogP contribution is -2.30. The molecule has 1 fully saturated rings. The SMILES string of the molecule is COC(=O)c1ccc(CN2C(=O)NC(=Cc3cn(Cc4cccc(F)c4)c4ccccc34)C2=O)o1. The van der Waals surface area contributed by atoms with Crippen molar-refractivity contribution in [1.82, 2.24) is 14.8 Å². The van der Waals surface area contributed by atoms with E-state index >= 15 is 0 Å². The molecule has 2 aromatic heterocycles. The van der Waals surface area contributed by atoms with Gasteiger partial charge in [-0.3, -0.25) is 9.69 Å². The van der Waals surface area contributed by atoms with Crippen molar-refractivity contribution in [1.29, 1.82) is 0 Å². The first-order valence-corrected chi connectivity index (χ1v) is 10.8. The van der Waals surface area contributed by atoms with Crippen LogP contribution in [0.1, 0.15) is 27.4 Å². The zero-order valence-corrected chi connectivity index (χ0v) is 18.7. The molecular weight excluding hydrogens is 453 g/mol. The number of aromatic nitrogens is 1. The van der Waals surface area contributed by atoms with Crippen LogP contribution in [-0.2, 0) is 22.6 Å². The molecule has 176 valence electrons. The van der Waals surface area contributed by atoms with Gasteiger partial charge in [0.15, 0.2) is 0 Å². The summed E-state index contributed by atoms with van der Waals surface area (Å²) in [5.41, 5.74) is 2.55. The van der Waals surface area contributed by atoms with Gasteiger partial charge >= 0.3 is 12.0 Å². The largest absolute Gasteiger partial charge is 0.463 e. The molecule has 0 saturated carbocycles. The maximum absolute atomic E-state index is 13.7. The number of nitrogens with one attached hydrogen (secondary N) is 1. The Labute approximate surface area is 199 Å². The molecule has 0 aliphatic carbocycles. The van der Waals surface area contributed by atoms with Crippen LogP contribution in [0.25, 0.3) is 17.0 Å². The molecule has 9 heteroatoms. The number of ether oxygens (including phenoxy) is 1. The van der Waals surface area contributed by atoms with Crippen molar-refractivity contribution in [2.24, 2.45) is 0 Å². The summed E-state index contributed by atoms with van der Waals surface area (Å²) >= 11 is 0. The van der Waals surface area contributed by atoms with E-state index in [2.05, 4.69) is 10.1 Å². The average Bonchev–Trinajstić information content (AvgIpc) is 3.53. The van der Waals surface area contributed by atoms with Gasteiger partial charge in [-0.2, -0.15) is 0 Å². The standard InChI is InChI=1S/C26H20FN3O5/c1-34-25(32)23-10-9-19(35-23)15-30-24(31)21(28-26(30)33)12-17-14-29(22-8-3-2-7-20(17)22)13-16-5-4-6-18(27)11-16/h2-12,14H,13,15H2,1H3,(H,28,33). The molecule has 0 bridgehead atoms. The van der Waals surface area contributed by atoms with E-state index < -0.39 is 17.9 Å². The molecular formula is C26H20FN3O5. The maximum atomic E-state index is 13.7. The van der Waals surface area contributed by atoms with E-state index in [1.807, 2.05) is 41.1 Å². The molecule has 3 amide bonds. The second-order valence-electron chi connectivity index (χ2n) is 8.00. The number of rotatable bonds is 6. The summed E-state index contributed by atoms with van der Waals surface area (Å²) in [5, 5.41) is 3.48. The molecule has 2 aromatic carbocycles. The summed E-state index contributed by atoms with van der Waals surface area (Å²) in [6.45, 7) is 0.301. The molecule has 1 aliphatic heterocycles. The molecule has 3 heterocycles. The van der Waals surface area contributed by atoms with Crippen LogP contribution in [0.5, 0.6) is 0 Å². The molecule has 1 N–H and O–H groups in total. The molecule has 0 unspecified atom stereocenters. The zero-order chi connectivity index (χ0) is 24.5. The number of imide groups is 1. The van der Waals surface area contributed by atoms with Gasteiger partial charge in [-0.25, -0.2) is 14.0 Å². The third kappa shape index (κ3) is 4.31. The van der Waals surface area contributed by atoms with Gasteiger partial charge < -0.3 is 19.0 Å². The Morgan fingerprint density at radius 1 is 1.09 bits per heavy atom. The van der Waals surface area contributed by atoms with Crippen LogP contribution in [0.2, 0.25) is 0 Å². The first kappa shape index (κ1) is 22.1. The summed E-state index contributed by atoms with van der Waals surface area (Å²) in [6.07, 6.45) is 3.48. The number of carbonyl (C=O) groups is 3. The second-order valence-corrected chi connectivity index (χ2v) is 8.00. The van der Waals surface area contributed by atoms with Crippen LogP contribution < -0.4 is 5.32 Å². The van der Waals surface area contributed by atoms with Crippen molar-refractivity contribution < 1.29 is 27.9 Å². The summed E-state index contributed by atoms with van der Waals surface area (Å²) < 4.78 is 25.6. The molecule has 0 spiro atoms. The topological polar surface area (TPSA) is 93.8 Å². The quantitative estimate of drug-likeness (QED) is 0.256. The molecule has 0 radical (unpaired) electrons. The molecule has 35 heavy (non-hydrogen) atoms. The van der Waals surface area contributed by atoms with Crippen molar-refractivity contribution in [2.75, 3.05) is 7.11 Å². The summed E-state index contributed by atoms with van der Waals surface area (Å²) in [5.74, 6) is -1.23. The monoisotopic (exact) mass is 473 g/mol. The van der Waals surface area contributed by atoms with E-state index in [-0.39, 0.29) is 29.6 Å². The number of carbonyl (C=O) groups excluding carboxylic acids is 3. The first-order chi connectivity index (χ1) is 16.9. The van der Waals surface area contributed by atoms with Gasteiger partial charge in [0.05, 0.1) is 13.7 Å². The number of methoxy groups -OCH3 is 1. The fourth-order valence-electron chi connectivity index (χ4n) is 4.05. The Balaban J connectivity index is 1.42. The molecule has 5 rings (SSSR count). The highest BCUT2D eigenvalue weighted by Gasteiger charge is 2.34. The van der Waals surface area contributed by atoms with E-state index in [4.69, 9.17) is 4.42 Å². The Hall–Kier alpha value is -4.66. The first-order valence-electron chi connectivity index (χ1n) is 10.8. The van der Waals surface area contributed by atoms with Crippen LogP contribution in [-0.4, -0.2) is 34.5 Å². The zero-order valence-electron chi connectivity index (χ0n) is 18.7. The number of hydrogen-bond acceptors (Lipinski definition) is 5. The fraction of sp³-hybridized carbons (Fsp3) is 0.115. The Kier molecular flexibility index (Phi) is 5.66. The smallest absolute Gasteiger partial charge is 0.373 e. The number of esters is 1. The number of amides is 3. The number of nitrogens with zero attached hydrogens (tertiary/aromatic N) is 2. The predicted octanol–water partition coefficient (Wildman–Crippen LogP) is 4.30. The number of hydrogen-bond donors (Lipinski definition) is 1. The number of urea groups is 1. The van der Waals surface area contributed by atoms with Crippen LogP contribution >= 0.6 is 0 Å². The lowest BCUT2D eigenvalue weighted by Gasteiger charge is -2.09. The maximum Gasteiger partial charge on any atom is 0.373 e. The van der Waals surface area contributed by atoms with Crippen LogP contribution in [0.3, 0.4) is 0 Å². The third-order valence-electron chi connectivity index (χ3n) is 5.69. The van der Waals surface area contributed by atoms with Crippen molar-refractivity contribution in [2.45, 2.75) is 13.1 Å². The normalized spacial score (nSPS) is 14.7. The third-order valence-corrected chi connectivity index (χ3v) is 5.69. The van der Waals surface area contributed by atoms with Crippen LogP contribution in [0.15, 0.2) is 77.0 Å². The van der Waals surface area contributed by atoms with Gasteiger partial charge in [0.2, 0.25) is 5.76 Å². The Bertz CT molecular complexity index is 1500. The van der Waals surface area contributed by atoms with Gasteiger partial charge in [0, 0.05) is 29.2 Å². The Morgan fingerprint density at radius 3 is 2.71 bits per heavy atom. The summed E-state index contributed by atoms with van der Waals surface area (Å²) in [7, 11) is 1.23. The highest BCUT2D eigenvalue weighted by atomic mass is 19.1. The molecule has 1 aliphatic rings. The predicted molar refractivity (Wildman–Crippen MR) is 125 cm³/mol. The van der Waals surface area contributed by atoms with E-state index in [9.17, 15) is 18.8 Å². The number of furan rings is 1. The highest BCUT2D eigenvalue weighted by molar-refractivity contribution is 6.14. The lowest BCUT2D eigenvalue weighted by atomic mass is 10.1. The highest BCUT2D eigenvalue weighted by Crippen LogP contribution is 2.26. The molecule has 0 atom stereocenters. The van der Waals surface area contributed by atoms with E-state index in [1.165, 1.54) is 31.4 Å². The van der Waals surface area contributed by atoms with E-state index in [0.29, 0.717) is 6.54 Å². The second kappa shape index (κ2) is 8.94. The number of fused-ring (bicyclic) bond motifs is 1. The van der Waals surface area contributed by atoms with Gasteiger partial charge in [-0.15, -0.1) is 0 Å². The van der Waals surface area contributed by atoms with Crippen molar-refractivity contribution in [3.8, 4) is 0 Å².